The molecule has 5 rings (SSSR count). The first kappa shape index (κ1) is 18.8. The molecule has 3 N–H and O–H groups in total. The van der Waals surface area contributed by atoms with Gasteiger partial charge in [-0.3, -0.25) is 10.1 Å². The van der Waals surface area contributed by atoms with Crippen LogP contribution in [0.2, 0.25) is 5.02 Å². The van der Waals surface area contributed by atoms with Gasteiger partial charge >= 0.3 is 6.03 Å². The molecule has 4 fully saturated rings. The number of rotatable bonds is 5. The summed E-state index contributed by atoms with van der Waals surface area (Å²) in [6, 6.07) is 7.17. The predicted octanol–water partition coefficient (Wildman–Crippen LogP) is 3.79. The third-order valence-electron chi connectivity index (χ3n) is 6.61. The Balaban J connectivity index is 1.25. The number of imide groups is 1. The van der Waals surface area contributed by atoms with E-state index in [9.17, 15) is 9.59 Å². The van der Waals surface area contributed by atoms with Gasteiger partial charge in [0.05, 0.1) is 6.54 Å². The highest BCUT2D eigenvalue weighted by molar-refractivity contribution is 6.30. The summed E-state index contributed by atoms with van der Waals surface area (Å²) in [5, 5.41) is 9.50. The van der Waals surface area contributed by atoms with Crippen molar-refractivity contribution in [3.63, 3.8) is 0 Å². The first-order chi connectivity index (χ1) is 12.9. The average Bonchev–Trinajstić information content (AvgIpc) is 2.58. The first-order valence-electron chi connectivity index (χ1n) is 10.0. The molecule has 4 aliphatic rings. The van der Waals surface area contributed by atoms with Crippen LogP contribution in [0.4, 0.5) is 4.79 Å². The zero-order chi connectivity index (χ0) is 19.0. The molecule has 1 atom stereocenters. The van der Waals surface area contributed by atoms with Crippen LogP contribution in [-0.2, 0) is 4.79 Å². The number of carbonyl (C=O) groups is 2. The van der Waals surface area contributed by atoms with E-state index in [1.165, 1.54) is 19.3 Å². The molecule has 1 aromatic rings. The number of halogens is 1. The average molecular weight is 390 g/mol. The van der Waals surface area contributed by atoms with Gasteiger partial charge in [-0.2, -0.15) is 0 Å². The minimum atomic E-state index is -0.345. The smallest absolute Gasteiger partial charge is 0.321 e. The number of hydrogen-bond donors (Lipinski definition) is 3. The molecule has 1 aromatic carbocycles. The lowest BCUT2D eigenvalue weighted by atomic mass is 9.53. The number of nitrogens with one attached hydrogen (secondary N) is 3. The molecule has 0 unspecified atom stereocenters. The Bertz CT molecular complexity index is 683. The Morgan fingerprint density at radius 2 is 1.63 bits per heavy atom. The highest BCUT2D eigenvalue weighted by Gasteiger charge is 2.51. The van der Waals surface area contributed by atoms with Crippen LogP contribution in [0, 0.1) is 17.8 Å². The van der Waals surface area contributed by atoms with Gasteiger partial charge in [0.2, 0.25) is 5.91 Å². The van der Waals surface area contributed by atoms with Crippen molar-refractivity contribution in [1.29, 1.82) is 0 Å². The number of amides is 3. The lowest BCUT2D eigenvalue weighted by Crippen LogP contribution is -2.62. The van der Waals surface area contributed by atoms with Crippen LogP contribution < -0.4 is 16.0 Å². The third-order valence-corrected chi connectivity index (χ3v) is 6.86. The van der Waals surface area contributed by atoms with E-state index in [2.05, 4.69) is 16.0 Å². The van der Waals surface area contributed by atoms with Crippen molar-refractivity contribution < 1.29 is 9.59 Å². The van der Waals surface area contributed by atoms with E-state index in [1.807, 2.05) is 31.2 Å². The van der Waals surface area contributed by atoms with Gasteiger partial charge in [-0.15, -0.1) is 0 Å². The molecule has 0 radical (unpaired) electrons. The van der Waals surface area contributed by atoms with E-state index < -0.39 is 0 Å². The maximum atomic E-state index is 12.4. The van der Waals surface area contributed by atoms with Gasteiger partial charge in [-0.05, 0) is 80.9 Å². The number of urea groups is 1. The lowest BCUT2D eigenvalue weighted by Gasteiger charge is -2.56. The minimum absolute atomic E-state index is 0.000712. The van der Waals surface area contributed by atoms with Gasteiger partial charge in [0.25, 0.3) is 0 Å². The minimum Gasteiger partial charge on any atom is -0.332 e. The molecule has 27 heavy (non-hydrogen) atoms. The normalized spacial score (nSPS) is 32.1. The van der Waals surface area contributed by atoms with E-state index in [0.29, 0.717) is 5.02 Å². The second-order valence-corrected chi connectivity index (χ2v) is 9.29. The molecule has 0 spiro atoms. The zero-order valence-corrected chi connectivity index (χ0v) is 16.5. The van der Waals surface area contributed by atoms with Crippen LogP contribution in [0.5, 0.6) is 0 Å². The molecular formula is C21H28ClN3O2. The Morgan fingerprint density at radius 3 is 2.19 bits per heavy atom. The Hall–Kier alpha value is -1.59. The monoisotopic (exact) mass is 389 g/mol. The lowest BCUT2D eigenvalue weighted by molar-refractivity contribution is -0.119. The Labute approximate surface area is 165 Å². The molecule has 0 aromatic heterocycles. The maximum absolute atomic E-state index is 12.4. The second kappa shape index (κ2) is 7.44. The van der Waals surface area contributed by atoms with Crippen molar-refractivity contribution in [1.82, 2.24) is 16.0 Å². The Kier molecular flexibility index (Phi) is 5.17. The number of benzene rings is 1. The summed E-state index contributed by atoms with van der Waals surface area (Å²) in [7, 11) is 0. The quantitative estimate of drug-likeness (QED) is 0.717. The van der Waals surface area contributed by atoms with E-state index >= 15 is 0 Å². The fourth-order valence-corrected chi connectivity index (χ4v) is 5.95. The van der Waals surface area contributed by atoms with Gasteiger partial charge in [0, 0.05) is 16.6 Å². The number of carbonyl (C=O) groups excluding carboxylic acids is 2. The molecule has 146 valence electrons. The van der Waals surface area contributed by atoms with Crippen LogP contribution in [0.15, 0.2) is 24.3 Å². The van der Waals surface area contributed by atoms with Crippen LogP contribution in [-0.4, -0.2) is 24.0 Å². The fraction of sp³-hybridized carbons (Fsp3) is 0.619. The van der Waals surface area contributed by atoms with Gasteiger partial charge < -0.3 is 10.6 Å². The highest BCUT2D eigenvalue weighted by Crippen LogP contribution is 2.55. The molecule has 5 nitrogen and oxygen atoms in total. The second-order valence-electron chi connectivity index (χ2n) is 8.85. The Morgan fingerprint density at radius 1 is 1.07 bits per heavy atom. The van der Waals surface area contributed by atoms with Gasteiger partial charge in [0.15, 0.2) is 0 Å². The fourth-order valence-electron chi connectivity index (χ4n) is 5.82. The summed E-state index contributed by atoms with van der Waals surface area (Å²) in [6.45, 7) is 2.07. The maximum Gasteiger partial charge on any atom is 0.321 e. The van der Waals surface area contributed by atoms with E-state index in [1.54, 1.807) is 0 Å². The van der Waals surface area contributed by atoms with E-state index in [4.69, 9.17) is 11.6 Å². The molecule has 3 amide bonds. The van der Waals surface area contributed by atoms with E-state index in [0.717, 1.165) is 42.6 Å². The van der Waals surface area contributed by atoms with Crippen LogP contribution in [0.3, 0.4) is 0 Å². The first-order valence-corrected chi connectivity index (χ1v) is 10.4. The largest absolute Gasteiger partial charge is 0.332 e. The third kappa shape index (κ3) is 4.30. The highest BCUT2D eigenvalue weighted by atomic mass is 35.5. The van der Waals surface area contributed by atoms with Crippen LogP contribution >= 0.6 is 11.6 Å². The van der Waals surface area contributed by atoms with Crippen LogP contribution in [0.25, 0.3) is 0 Å². The van der Waals surface area contributed by atoms with Gasteiger partial charge in [0.1, 0.15) is 0 Å². The molecule has 4 saturated carbocycles. The molecule has 0 aliphatic heterocycles. The van der Waals surface area contributed by atoms with Crippen molar-refractivity contribution >= 4 is 23.5 Å². The number of hydrogen-bond acceptors (Lipinski definition) is 3. The summed E-state index contributed by atoms with van der Waals surface area (Å²) in [4.78, 5) is 24.6. The van der Waals surface area contributed by atoms with Crippen molar-refractivity contribution in [3.05, 3.63) is 34.9 Å². The zero-order valence-electron chi connectivity index (χ0n) is 15.8. The molecule has 4 aliphatic carbocycles. The topological polar surface area (TPSA) is 70.2 Å². The summed E-state index contributed by atoms with van der Waals surface area (Å²) in [5.41, 5.74) is 0.966. The van der Waals surface area contributed by atoms with E-state index in [-0.39, 0.29) is 30.1 Å². The van der Waals surface area contributed by atoms with Gasteiger partial charge in [-0.1, -0.05) is 23.7 Å². The molecule has 0 heterocycles. The summed E-state index contributed by atoms with van der Waals surface area (Å²) >= 11 is 5.90. The standard InChI is InChI=1S/C21H28ClN3O2/c1-13(17-2-4-18(22)5-3-17)23-12-19(26)24-20(27)25-21-9-14-6-15(10-21)8-16(7-14)11-21/h2-5,13-16,23H,6-12H2,1H3,(H2,24,25,26,27)/t13-,14?,15?,16?,21?/m1/s1. The van der Waals surface area contributed by atoms with Crippen molar-refractivity contribution in [2.75, 3.05) is 6.54 Å². The molecular weight excluding hydrogens is 362 g/mol. The summed E-state index contributed by atoms with van der Waals surface area (Å²) in [6.07, 6.45) is 7.21. The summed E-state index contributed by atoms with van der Waals surface area (Å²) in [5.74, 6) is 1.97. The molecule has 4 bridgehead atoms. The van der Waals surface area contributed by atoms with Crippen LogP contribution in [0.1, 0.15) is 57.1 Å². The van der Waals surface area contributed by atoms with Crippen molar-refractivity contribution in [2.45, 2.75) is 57.0 Å². The van der Waals surface area contributed by atoms with Crippen molar-refractivity contribution in [3.8, 4) is 0 Å². The predicted molar refractivity (Wildman–Crippen MR) is 105 cm³/mol. The summed E-state index contributed by atoms with van der Waals surface area (Å²) < 4.78 is 0. The van der Waals surface area contributed by atoms with Crippen molar-refractivity contribution in [2.24, 2.45) is 17.8 Å². The molecule has 0 saturated heterocycles. The molecule has 6 heteroatoms. The SMILES string of the molecule is C[C@@H](NCC(=O)NC(=O)NC12CC3CC(CC(C3)C1)C2)c1ccc(Cl)cc1. The van der Waals surface area contributed by atoms with Gasteiger partial charge in [-0.25, -0.2) is 4.79 Å².